The summed E-state index contributed by atoms with van der Waals surface area (Å²) in [4.78, 5) is 2.48. The van der Waals surface area contributed by atoms with Crippen LogP contribution in [-0.2, 0) is 10.8 Å². The van der Waals surface area contributed by atoms with Gasteiger partial charge in [-0.25, -0.2) is 0 Å². The molecule has 0 aliphatic heterocycles. The van der Waals surface area contributed by atoms with Crippen molar-refractivity contribution in [1.29, 1.82) is 0 Å². The lowest BCUT2D eigenvalue weighted by Gasteiger charge is -2.32. The second-order valence-electron chi connectivity index (χ2n) is 18.3. The van der Waals surface area contributed by atoms with Crippen LogP contribution in [0.1, 0.15) is 47.2 Å². The zero-order valence-corrected chi connectivity index (χ0v) is 35.6. The van der Waals surface area contributed by atoms with Crippen molar-refractivity contribution in [1.82, 2.24) is 0 Å². The van der Waals surface area contributed by atoms with Crippen LogP contribution in [0.3, 0.4) is 0 Å². The Kier molecular flexibility index (Phi) is 7.13. The Labute approximate surface area is 372 Å². The van der Waals surface area contributed by atoms with Crippen molar-refractivity contribution in [3.05, 3.63) is 246 Å². The van der Waals surface area contributed by atoms with Crippen molar-refractivity contribution in [2.45, 2.75) is 24.7 Å². The molecule has 0 unspecified atom stereocenters. The molecule has 1 aromatic heterocycles. The Bertz CT molecular complexity index is 3710. The largest absolute Gasteiger partial charge is 0.455 e. The summed E-state index contributed by atoms with van der Waals surface area (Å²) >= 11 is 0. The predicted octanol–water partition coefficient (Wildman–Crippen LogP) is 16.5. The number of furan rings is 1. The van der Waals surface area contributed by atoms with Gasteiger partial charge in [-0.1, -0.05) is 190 Å². The van der Waals surface area contributed by atoms with Gasteiger partial charge in [0.2, 0.25) is 0 Å². The SMILES string of the molecule is CC1(C)c2ccccc2-c2cccc(N(c3ccccc3)c3cccc4oc5c6ccccc6c(-c6cccc7c6C6(c8ccccc8-c8ccccc86)c6ccccc6-7)cc5c34)c21. The van der Waals surface area contributed by atoms with Gasteiger partial charge in [0.25, 0.3) is 0 Å². The first-order valence-electron chi connectivity index (χ1n) is 22.4. The topological polar surface area (TPSA) is 16.4 Å². The monoisotopic (exact) mass is 815 g/mol. The second kappa shape index (κ2) is 12.8. The van der Waals surface area contributed by atoms with E-state index in [1.54, 1.807) is 0 Å². The molecule has 0 saturated carbocycles. The van der Waals surface area contributed by atoms with E-state index in [2.05, 4.69) is 231 Å². The Morgan fingerprint density at radius 2 is 0.828 bits per heavy atom. The quantitative estimate of drug-likeness (QED) is 0.176. The molecule has 2 nitrogen and oxygen atoms in total. The van der Waals surface area contributed by atoms with Gasteiger partial charge >= 0.3 is 0 Å². The van der Waals surface area contributed by atoms with Crippen LogP contribution in [0, 0.1) is 0 Å². The molecule has 10 aromatic carbocycles. The third-order valence-electron chi connectivity index (χ3n) is 14.8. The highest BCUT2D eigenvalue weighted by atomic mass is 16.3. The van der Waals surface area contributed by atoms with Gasteiger partial charge in [-0.15, -0.1) is 0 Å². The normalized spacial score (nSPS) is 14.3. The lowest BCUT2D eigenvalue weighted by molar-refractivity contribution is 0.661. The molecule has 0 N–H and O–H groups in total. The highest BCUT2D eigenvalue weighted by Crippen LogP contribution is 2.65. The van der Waals surface area contributed by atoms with Crippen LogP contribution in [-0.4, -0.2) is 0 Å². The third kappa shape index (κ3) is 4.44. The van der Waals surface area contributed by atoms with Crippen LogP contribution in [0.4, 0.5) is 17.1 Å². The van der Waals surface area contributed by atoms with Crippen LogP contribution < -0.4 is 4.90 Å². The van der Waals surface area contributed by atoms with Crippen molar-refractivity contribution in [3.63, 3.8) is 0 Å². The van der Waals surface area contributed by atoms with E-state index in [4.69, 9.17) is 4.42 Å². The summed E-state index contributed by atoms with van der Waals surface area (Å²) in [6, 6.07) is 78.8. The smallest absolute Gasteiger partial charge is 0.143 e. The van der Waals surface area contributed by atoms with E-state index in [0.29, 0.717) is 0 Å². The average Bonchev–Trinajstić information content (AvgIpc) is 4.05. The standard InChI is InChI=1S/C62H41NO/c1-61(2)50-30-12-8-24-42(50)45-29-17-35-55(59(45)61)63(38-19-4-3-5-20-38)54-34-18-36-56-57(54)49-37-48(39-21-6-7-26-47(39)60(49)64-56)46-28-16-27-44-43-25-11-15-33-53(43)62(58(44)46)51-31-13-9-22-40(51)41-23-10-14-32-52(41)62/h3-37H,1-2H3. The number of rotatable bonds is 4. The van der Waals surface area contributed by atoms with Crippen molar-refractivity contribution in [3.8, 4) is 44.5 Å². The van der Waals surface area contributed by atoms with Gasteiger partial charge in [-0.3, -0.25) is 0 Å². The molecule has 64 heavy (non-hydrogen) atoms. The molecule has 0 saturated heterocycles. The summed E-state index contributed by atoms with van der Waals surface area (Å²) < 4.78 is 7.11. The summed E-state index contributed by atoms with van der Waals surface area (Å²) in [6.07, 6.45) is 0. The number of anilines is 3. The number of hydrogen-bond acceptors (Lipinski definition) is 2. The second-order valence-corrected chi connectivity index (χ2v) is 18.3. The number of nitrogens with zero attached hydrogens (tertiary/aromatic N) is 1. The van der Waals surface area contributed by atoms with Gasteiger partial charge in [0.1, 0.15) is 11.2 Å². The van der Waals surface area contributed by atoms with E-state index in [1.807, 2.05) is 0 Å². The van der Waals surface area contributed by atoms with Crippen molar-refractivity contribution >= 4 is 49.8 Å². The first-order chi connectivity index (χ1) is 31.5. The third-order valence-corrected chi connectivity index (χ3v) is 14.8. The Balaban J connectivity index is 1.09. The number of benzene rings is 10. The summed E-state index contributed by atoms with van der Waals surface area (Å²) in [5, 5.41) is 4.48. The van der Waals surface area contributed by atoms with Crippen molar-refractivity contribution < 1.29 is 4.42 Å². The maximum Gasteiger partial charge on any atom is 0.143 e. The molecule has 3 aliphatic rings. The first-order valence-corrected chi connectivity index (χ1v) is 22.4. The van der Waals surface area contributed by atoms with E-state index >= 15 is 0 Å². The molecule has 0 radical (unpaired) electrons. The Morgan fingerprint density at radius 1 is 0.359 bits per heavy atom. The van der Waals surface area contributed by atoms with Gasteiger partial charge in [-0.05, 0) is 120 Å². The molecule has 300 valence electrons. The molecule has 11 aromatic rings. The summed E-state index contributed by atoms with van der Waals surface area (Å²) in [5.41, 5.74) is 22.7. The minimum atomic E-state index is -0.489. The maximum absolute atomic E-state index is 7.11. The molecule has 14 rings (SSSR count). The zero-order chi connectivity index (χ0) is 42.3. The first kappa shape index (κ1) is 35.6. The van der Waals surface area contributed by atoms with Crippen LogP contribution in [0.25, 0.3) is 77.2 Å². The minimum Gasteiger partial charge on any atom is -0.455 e. The van der Waals surface area contributed by atoms with E-state index in [-0.39, 0.29) is 5.41 Å². The summed E-state index contributed by atoms with van der Waals surface area (Å²) in [6.45, 7) is 4.75. The van der Waals surface area contributed by atoms with Gasteiger partial charge in [0.05, 0.1) is 22.2 Å². The Morgan fingerprint density at radius 3 is 1.50 bits per heavy atom. The van der Waals surface area contributed by atoms with Gasteiger partial charge < -0.3 is 9.32 Å². The number of hydrogen-bond donors (Lipinski definition) is 0. The van der Waals surface area contributed by atoms with E-state index < -0.39 is 5.41 Å². The molecular formula is C62H41NO. The van der Waals surface area contributed by atoms with Gasteiger partial charge in [0.15, 0.2) is 0 Å². The Hall–Kier alpha value is -7.94. The molecule has 0 atom stereocenters. The van der Waals surface area contributed by atoms with Crippen molar-refractivity contribution in [2.24, 2.45) is 0 Å². The van der Waals surface area contributed by atoms with Crippen LogP contribution in [0.2, 0.25) is 0 Å². The van der Waals surface area contributed by atoms with E-state index in [1.165, 1.54) is 89.0 Å². The van der Waals surface area contributed by atoms with Crippen LogP contribution in [0.15, 0.2) is 217 Å². The van der Waals surface area contributed by atoms with Gasteiger partial charge in [-0.2, -0.15) is 0 Å². The fourth-order valence-corrected chi connectivity index (χ4v) is 12.4. The zero-order valence-electron chi connectivity index (χ0n) is 35.6. The lowest BCUT2D eigenvalue weighted by Crippen LogP contribution is -2.26. The van der Waals surface area contributed by atoms with Crippen LogP contribution in [0.5, 0.6) is 0 Å². The molecular weight excluding hydrogens is 775 g/mol. The van der Waals surface area contributed by atoms with E-state index in [0.717, 1.165) is 38.7 Å². The number of para-hydroxylation sites is 1. The minimum absolute atomic E-state index is 0.218. The molecule has 2 heteroatoms. The molecule has 1 heterocycles. The summed E-state index contributed by atoms with van der Waals surface area (Å²) in [7, 11) is 0. The van der Waals surface area contributed by atoms with Crippen LogP contribution >= 0.6 is 0 Å². The van der Waals surface area contributed by atoms with Gasteiger partial charge in [0, 0.05) is 21.9 Å². The fraction of sp³-hybridized carbons (Fsp3) is 0.0645. The fourth-order valence-electron chi connectivity index (χ4n) is 12.4. The van der Waals surface area contributed by atoms with Crippen molar-refractivity contribution in [2.75, 3.05) is 4.90 Å². The molecule has 3 aliphatic carbocycles. The molecule has 0 bridgehead atoms. The molecule has 0 amide bonds. The van der Waals surface area contributed by atoms with E-state index in [9.17, 15) is 0 Å². The predicted molar refractivity (Wildman–Crippen MR) is 265 cm³/mol. The number of fused-ring (bicyclic) bond motifs is 18. The highest BCUT2D eigenvalue weighted by Gasteiger charge is 2.52. The lowest BCUT2D eigenvalue weighted by atomic mass is 9.68. The highest BCUT2D eigenvalue weighted by molar-refractivity contribution is 6.23. The maximum atomic E-state index is 7.11. The molecule has 0 fully saturated rings. The average molecular weight is 816 g/mol. The summed E-state index contributed by atoms with van der Waals surface area (Å²) in [5.74, 6) is 0. The molecule has 1 spiro atoms.